The van der Waals surface area contributed by atoms with Crippen LogP contribution in [0.15, 0.2) is 54.9 Å². The van der Waals surface area contributed by atoms with Crippen LogP contribution < -0.4 is 0 Å². The van der Waals surface area contributed by atoms with E-state index in [4.69, 9.17) is 0 Å². The second-order valence-corrected chi connectivity index (χ2v) is 8.87. The molecule has 33 heavy (non-hydrogen) atoms. The van der Waals surface area contributed by atoms with Crippen molar-refractivity contribution >= 4 is 17.5 Å². The van der Waals surface area contributed by atoms with E-state index in [9.17, 15) is 14.0 Å². The Kier molecular flexibility index (Phi) is 6.09. The van der Waals surface area contributed by atoms with E-state index in [1.165, 1.54) is 24.3 Å². The summed E-state index contributed by atoms with van der Waals surface area (Å²) in [5, 5.41) is 0. The van der Waals surface area contributed by atoms with Crippen LogP contribution >= 0.6 is 0 Å². The summed E-state index contributed by atoms with van der Waals surface area (Å²) in [5.74, 6) is -0.278. The van der Waals surface area contributed by atoms with Crippen molar-refractivity contribution in [3.8, 4) is 0 Å². The van der Waals surface area contributed by atoms with Gasteiger partial charge in [0, 0.05) is 69.7 Å². The molecular formula is C25H28FN5O2. The van der Waals surface area contributed by atoms with Gasteiger partial charge in [0.15, 0.2) is 0 Å². The van der Waals surface area contributed by atoms with Crippen molar-refractivity contribution in [3.05, 3.63) is 71.9 Å². The SMILES string of the molecule is O=C(c1ccc(F)cc1)N1CCC(C(=O)N2CCN(Cc3cn4ccccc4n3)CC2)CC1. The van der Waals surface area contributed by atoms with Gasteiger partial charge in [-0.25, -0.2) is 9.37 Å². The van der Waals surface area contributed by atoms with Gasteiger partial charge in [-0.2, -0.15) is 0 Å². The highest BCUT2D eigenvalue weighted by atomic mass is 19.1. The minimum absolute atomic E-state index is 0.0349. The van der Waals surface area contributed by atoms with E-state index in [1.54, 1.807) is 4.90 Å². The van der Waals surface area contributed by atoms with Gasteiger partial charge in [-0.3, -0.25) is 14.5 Å². The summed E-state index contributed by atoms with van der Waals surface area (Å²) in [6, 6.07) is 11.6. The fourth-order valence-electron chi connectivity index (χ4n) is 4.78. The third kappa shape index (κ3) is 4.75. The Morgan fingerprint density at radius 3 is 2.33 bits per heavy atom. The smallest absolute Gasteiger partial charge is 0.253 e. The van der Waals surface area contributed by atoms with Crippen molar-refractivity contribution in [2.75, 3.05) is 39.3 Å². The third-order valence-corrected chi connectivity index (χ3v) is 6.71. The van der Waals surface area contributed by atoms with Crippen LogP contribution in [0.25, 0.3) is 5.65 Å². The maximum atomic E-state index is 13.1. The Morgan fingerprint density at radius 2 is 1.64 bits per heavy atom. The van der Waals surface area contributed by atoms with Crippen molar-refractivity contribution < 1.29 is 14.0 Å². The summed E-state index contributed by atoms with van der Waals surface area (Å²) < 4.78 is 15.1. The van der Waals surface area contributed by atoms with Crippen LogP contribution in [-0.4, -0.2) is 75.2 Å². The first kappa shape index (κ1) is 21.6. The van der Waals surface area contributed by atoms with E-state index in [0.29, 0.717) is 31.5 Å². The average Bonchev–Trinajstić information content (AvgIpc) is 3.26. The normalized spacial score (nSPS) is 18.1. The number of amides is 2. The van der Waals surface area contributed by atoms with Crippen LogP contribution in [0.5, 0.6) is 0 Å². The maximum absolute atomic E-state index is 13.1. The van der Waals surface area contributed by atoms with E-state index in [0.717, 1.165) is 44.1 Å². The molecule has 1 aromatic carbocycles. The molecule has 2 aromatic heterocycles. The summed E-state index contributed by atoms with van der Waals surface area (Å²) in [4.78, 5) is 36.5. The van der Waals surface area contributed by atoms with Gasteiger partial charge in [-0.15, -0.1) is 0 Å². The summed E-state index contributed by atoms with van der Waals surface area (Å²) in [7, 11) is 0. The number of aromatic nitrogens is 2. The molecule has 0 bridgehead atoms. The number of piperidine rings is 1. The van der Waals surface area contributed by atoms with Crippen LogP contribution in [0.1, 0.15) is 28.9 Å². The second kappa shape index (κ2) is 9.31. The Morgan fingerprint density at radius 1 is 0.909 bits per heavy atom. The molecule has 2 saturated heterocycles. The van der Waals surface area contributed by atoms with Gasteiger partial charge in [0.1, 0.15) is 11.5 Å². The number of nitrogens with zero attached hydrogens (tertiary/aromatic N) is 5. The maximum Gasteiger partial charge on any atom is 0.253 e. The Bertz CT molecular complexity index is 1100. The molecule has 0 radical (unpaired) electrons. The van der Waals surface area contributed by atoms with Crippen LogP contribution in [0.3, 0.4) is 0 Å². The summed E-state index contributed by atoms with van der Waals surface area (Å²) >= 11 is 0. The Balaban J connectivity index is 1.09. The van der Waals surface area contributed by atoms with Crippen molar-refractivity contribution in [2.45, 2.75) is 19.4 Å². The number of imidazole rings is 1. The second-order valence-electron chi connectivity index (χ2n) is 8.87. The molecule has 0 aliphatic carbocycles. The molecule has 0 N–H and O–H groups in total. The third-order valence-electron chi connectivity index (χ3n) is 6.71. The molecule has 2 aliphatic heterocycles. The molecule has 3 aromatic rings. The number of carbonyl (C=O) groups excluding carboxylic acids is 2. The van der Waals surface area contributed by atoms with Crippen molar-refractivity contribution in [1.29, 1.82) is 0 Å². The van der Waals surface area contributed by atoms with Crippen LogP contribution in [-0.2, 0) is 11.3 Å². The van der Waals surface area contributed by atoms with E-state index in [-0.39, 0.29) is 23.5 Å². The fourth-order valence-corrected chi connectivity index (χ4v) is 4.78. The molecule has 2 fully saturated rings. The number of fused-ring (bicyclic) bond motifs is 1. The molecule has 2 aliphatic rings. The number of hydrogen-bond donors (Lipinski definition) is 0. The molecule has 172 valence electrons. The van der Waals surface area contributed by atoms with Gasteiger partial charge in [0.25, 0.3) is 5.91 Å². The predicted octanol–water partition coefficient (Wildman–Crippen LogP) is 2.67. The number of carbonyl (C=O) groups is 2. The van der Waals surface area contributed by atoms with Crippen LogP contribution in [0.2, 0.25) is 0 Å². The molecule has 2 amide bonds. The Labute approximate surface area is 192 Å². The molecular weight excluding hydrogens is 421 g/mol. The monoisotopic (exact) mass is 449 g/mol. The van der Waals surface area contributed by atoms with Gasteiger partial charge in [0.2, 0.25) is 5.91 Å². The number of hydrogen-bond acceptors (Lipinski definition) is 4. The first-order valence-electron chi connectivity index (χ1n) is 11.6. The number of benzene rings is 1. The molecule has 5 rings (SSSR count). The standard InChI is InChI=1S/C25H28FN5O2/c26-21-6-4-19(5-7-21)24(32)29-11-8-20(9-12-29)25(33)30-15-13-28(14-16-30)17-22-18-31-10-2-1-3-23(31)27-22/h1-7,10,18,20H,8-9,11-17H2. The largest absolute Gasteiger partial charge is 0.340 e. The summed E-state index contributed by atoms with van der Waals surface area (Å²) in [6.45, 7) is 5.01. The van der Waals surface area contributed by atoms with E-state index in [1.807, 2.05) is 33.7 Å². The Hall–Kier alpha value is -3.26. The van der Waals surface area contributed by atoms with Gasteiger partial charge in [0.05, 0.1) is 5.69 Å². The lowest BCUT2D eigenvalue weighted by molar-refractivity contribution is -0.138. The van der Waals surface area contributed by atoms with E-state index >= 15 is 0 Å². The first-order valence-corrected chi connectivity index (χ1v) is 11.6. The highest BCUT2D eigenvalue weighted by Crippen LogP contribution is 2.22. The van der Waals surface area contributed by atoms with Crippen molar-refractivity contribution in [3.63, 3.8) is 0 Å². The minimum Gasteiger partial charge on any atom is -0.340 e. The molecule has 8 heteroatoms. The molecule has 4 heterocycles. The lowest BCUT2D eigenvalue weighted by Gasteiger charge is -2.38. The van der Waals surface area contributed by atoms with E-state index in [2.05, 4.69) is 16.1 Å². The number of likely N-dealkylation sites (tertiary alicyclic amines) is 1. The zero-order valence-electron chi connectivity index (χ0n) is 18.6. The quantitative estimate of drug-likeness (QED) is 0.615. The summed E-state index contributed by atoms with van der Waals surface area (Å²) in [6.07, 6.45) is 5.41. The molecule has 0 spiro atoms. The molecule has 0 unspecified atom stereocenters. The number of pyridine rings is 1. The van der Waals surface area contributed by atoms with Crippen molar-refractivity contribution in [2.24, 2.45) is 5.92 Å². The predicted molar refractivity (Wildman–Crippen MR) is 122 cm³/mol. The first-order chi connectivity index (χ1) is 16.1. The van der Waals surface area contributed by atoms with Crippen LogP contribution in [0, 0.1) is 11.7 Å². The van der Waals surface area contributed by atoms with Gasteiger partial charge in [-0.1, -0.05) is 6.07 Å². The fraction of sp³-hybridized carbons (Fsp3) is 0.400. The zero-order valence-corrected chi connectivity index (χ0v) is 18.6. The highest BCUT2D eigenvalue weighted by Gasteiger charge is 2.32. The lowest BCUT2D eigenvalue weighted by atomic mass is 9.94. The molecule has 0 saturated carbocycles. The average molecular weight is 450 g/mol. The zero-order chi connectivity index (χ0) is 22.8. The van der Waals surface area contributed by atoms with Gasteiger partial charge in [-0.05, 0) is 49.2 Å². The molecule has 7 nitrogen and oxygen atoms in total. The molecule has 0 atom stereocenters. The lowest BCUT2D eigenvalue weighted by Crippen LogP contribution is -2.51. The highest BCUT2D eigenvalue weighted by molar-refractivity contribution is 5.94. The summed E-state index contributed by atoms with van der Waals surface area (Å²) in [5.41, 5.74) is 2.48. The minimum atomic E-state index is -0.353. The number of rotatable bonds is 4. The van der Waals surface area contributed by atoms with Gasteiger partial charge >= 0.3 is 0 Å². The van der Waals surface area contributed by atoms with Gasteiger partial charge < -0.3 is 14.2 Å². The van der Waals surface area contributed by atoms with E-state index < -0.39 is 0 Å². The van der Waals surface area contributed by atoms with Crippen molar-refractivity contribution in [1.82, 2.24) is 24.1 Å². The number of halogens is 1. The van der Waals surface area contributed by atoms with Crippen LogP contribution in [0.4, 0.5) is 4.39 Å². The number of piperazine rings is 1. The topological polar surface area (TPSA) is 61.2 Å².